The van der Waals surface area contributed by atoms with Gasteiger partial charge in [0.2, 0.25) is 17.7 Å². The molecule has 0 bridgehead atoms. The van der Waals surface area contributed by atoms with Crippen LogP contribution >= 0.6 is 11.6 Å². The maximum atomic E-state index is 12.7. The lowest BCUT2D eigenvalue weighted by atomic mass is 10.0. The third-order valence-corrected chi connectivity index (χ3v) is 4.93. The first-order valence-corrected chi connectivity index (χ1v) is 10.9. The summed E-state index contributed by atoms with van der Waals surface area (Å²) in [6, 6.07) is 5.59. The fourth-order valence-electron chi connectivity index (χ4n) is 2.77. The Bertz CT molecular complexity index is 778. The summed E-state index contributed by atoms with van der Waals surface area (Å²) >= 11 is 5.76. The number of hydrogen-bond acceptors (Lipinski definition) is 4. The second-order valence-electron chi connectivity index (χ2n) is 7.60. The van der Waals surface area contributed by atoms with Crippen LogP contribution in [0.2, 0.25) is 0 Å². The van der Waals surface area contributed by atoms with Gasteiger partial charge in [0.1, 0.15) is 12.1 Å². The number of amides is 3. The van der Waals surface area contributed by atoms with Crippen molar-refractivity contribution < 1.29 is 14.4 Å². The number of carbonyl (C=O) groups excluding carboxylic acids is 3. The van der Waals surface area contributed by atoms with Crippen LogP contribution in [0.5, 0.6) is 0 Å². The van der Waals surface area contributed by atoms with E-state index in [1.165, 1.54) is 0 Å². The number of nitrogens with zero attached hydrogens (tertiary/aromatic N) is 3. The summed E-state index contributed by atoms with van der Waals surface area (Å²) in [5.74, 6) is -0.757. The van der Waals surface area contributed by atoms with E-state index in [-0.39, 0.29) is 24.2 Å². The number of rotatable bonds is 13. The molecule has 0 fully saturated rings. The number of benzene rings is 1. The first kappa shape index (κ1) is 26.3. The number of carbonyl (C=O) groups is 3. The van der Waals surface area contributed by atoms with Gasteiger partial charge in [0.15, 0.2) is 0 Å². The average Bonchev–Trinajstić information content (AvgIpc) is 2.74. The lowest BCUT2D eigenvalue weighted by molar-refractivity contribution is -0.131. The van der Waals surface area contributed by atoms with Crippen molar-refractivity contribution in [1.82, 2.24) is 10.6 Å². The van der Waals surface area contributed by atoms with Crippen molar-refractivity contribution in [3.05, 3.63) is 40.3 Å². The predicted molar refractivity (Wildman–Crippen MR) is 121 cm³/mol. The molecule has 170 valence electrons. The molecule has 0 saturated carbocycles. The Morgan fingerprint density at radius 1 is 1.03 bits per heavy atom. The Labute approximate surface area is 187 Å². The third kappa shape index (κ3) is 10.2. The van der Waals surface area contributed by atoms with Crippen molar-refractivity contribution >= 4 is 35.0 Å². The Morgan fingerprint density at radius 3 is 2.29 bits per heavy atom. The van der Waals surface area contributed by atoms with E-state index in [1.807, 2.05) is 26.0 Å². The van der Waals surface area contributed by atoms with Crippen molar-refractivity contribution in [3.8, 4) is 0 Å². The summed E-state index contributed by atoms with van der Waals surface area (Å²) in [5, 5.41) is 11.6. The summed E-state index contributed by atoms with van der Waals surface area (Å²) in [6.45, 7) is 5.65. The van der Waals surface area contributed by atoms with Gasteiger partial charge in [-0.1, -0.05) is 37.5 Å². The minimum atomic E-state index is -0.779. The van der Waals surface area contributed by atoms with E-state index in [2.05, 4.69) is 26.0 Å². The molecule has 9 nitrogen and oxygen atoms in total. The second kappa shape index (κ2) is 14.3. The zero-order chi connectivity index (χ0) is 23.2. The van der Waals surface area contributed by atoms with Crippen LogP contribution in [0.15, 0.2) is 29.4 Å². The molecule has 1 aromatic rings. The van der Waals surface area contributed by atoms with Crippen LogP contribution in [0.25, 0.3) is 10.4 Å². The highest BCUT2D eigenvalue weighted by Gasteiger charge is 2.26. The van der Waals surface area contributed by atoms with Crippen LogP contribution in [0.3, 0.4) is 0 Å². The van der Waals surface area contributed by atoms with Gasteiger partial charge in [0.25, 0.3) is 0 Å². The van der Waals surface area contributed by atoms with E-state index >= 15 is 0 Å². The molecule has 2 atom stereocenters. The average molecular weight is 451 g/mol. The summed E-state index contributed by atoms with van der Waals surface area (Å²) in [4.78, 5) is 39.9. The molecule has 0 unspecified atom stereocenters. The van der Waals surface area contributed by atoms with Crippen LogP contribution in [-0.2, 0) is 20.3 Å². The van der Waals surface area contributed by atoms with E-state index in [0.29, 0.717) is 31.0 Å². The smallest absolute Gasteiger partial charge is 0.246 e. The minimum absolute atomic E-state index is 0.146. The number of unbranched alkanes of at least 4 members (excludes halogenated alkanes) is 2. The molecule has 10 heteroatoms. The highest BCUT2D eigenvalue weighted by Crippen LogP contribution is 2.12. The van der Waals surface area contributed by atoms with Gasteiger partial charge in [-0.05, 0) is 48.9 Å². The molecule has 0 aliphatic heterocycles. The van der Waals surface area contributed by atoms with Crippen LogP contribution in [-0.4, -0.2) is 36.3 Å². The molecule has 0 spiro atoms. The van der Waals surface area contributed by atoms with Crippen molar-refractivity contribution in [2.24, 2.45) is 11.0 Å². The lowest BCUT2D eigenvalue weighted by Crippen LogP contribution is -2.53. The van der Waals surface area contributed by atoms with Gasteiger partial charge in [0, 0.05) is 29.4 Å². The summed E-state index contributed by atoms with van der Waals surface area (Å²) in [5.41, 5.74) is 9.77. The first-order chi connectivity index (χ1) is 14.8. The molecule has 31 heavy (non-hydrogen) atoms. The van der Waals surface area contributed by atoms with Crippen LogP contribution in [0.1, 0.15) is 52.0 Å². The Morgan fingerprint density at radius 2 is 1.71 bits per heavy atom. The zero-order valence-electron chi connectivity index (χ0n) is 18.2. The molecule has 0 aliphatic rings. The Balaban J connectivity index is 2.52. The van der Waals surface area contributed by atoms with E-state index in [9.17, 15) is 14.4 Å². The van der Waals surface area contributed by atoms with Crippen LogP contribution in [0, 0.1) is 5.92 Å². The molecule has 3 N–H and O–H groups in total. The number of nitrogens with one attached hydrogen (secondary N) is 3. The standard InChI is InChI=1S/C21H31ClN6O3/c1-14(2)19(27-18(29)7-5-4-6-12-24-28-23)21(31)25-15(3)20(30)26-17-10-8-16(13-22)9-11-17/h8-11,14-15,19H,4-7,12-13H2,1-3H3,(H,25,31)(H,26,30)(H,27,29)/t15-,19-/m0/s1. The fourth-order valence-corrected chi connectivity index (χ4v) is 2.94. The third-order valence-electron chi connectivity index (χ3n) is 4.62. The van der Waals surface area contributed by atoms with E-state index in [0.717, 1.165) is 12.0 Å². The zero-order valence-corrected chi connectivity index (χ0v) is 19.0. The number of anilines is 1. The molecule has 0 radical (unpaired) electrons. The number of hydrogen-bond donors (Lipinski definition) is 3. The number of azide groups is 1. The molecular weight excluding hydrogens is 420 g/mol. The molecule has 3 amide bonds. The molecule has 0 saturated heterocycles. The van der Waals surface area contributed by atoms with Gasteiger partial charge < -0.3 is 16.0 Å². The van der Waals surface area contributed by atoms with E-state index in [1.54, 1.807) is 19.1 Å². The van der Waals surface area contributed by atoms with Crippen LogP contribution in [0.4, 0.5) is 5.69 Å². The summed E-state index contributed by atoms with van der Waals surface area (Å²) in [6.07, 6.45) is 2.39. The molecule has 1 aromatic carbocycles. The van der Waals surface area contributed by atoms with Gasteiger partial charge in [0.05, 0.1) is 0 Å². The number of alkyl halides is 1. The summed E-state index contributed by atoms with van der Waals surface area (Å²) < 4.78 is 0. The minimum Gasteiger partial charge on any atom is -0.344 e. The predicted octanol–water partition coefficient (Wildman–Crippen LogP) is 3.88. The molecule has 0 heterocycles. The van der Waals surface area contributed by atoms with Crippen molar-refractivity contribution in [3.63, 3.8) is 0 Å². The largest absolute Gasteiger partial charge is 0.344 e. The van der Waals surface area contributed by atoms with Gasteiger partial charge in [-0.3, -0.25) is 14.4 Å². The first-order valence-electron chi connectivity index (χ1n) is 10.3. The second-order valence-corrected chi connectivity index (χ2v) is 7.87. The van der Waals surface area contributed by atoms with E-state index in [4.69, 9.17) is 17.1 Å². The lowest BCUT2D eigenvalue weighted by Gasteiger charge is -2.24. The van der Waals surface area contributed by atoms with Crippen molar-refractivity contribution in [1.29, 1.82) is 0 Å². The van der Waals surface area contributed by atoms with Crippen molar-refractivity contribution in [2.45, 2.75) is 64.4 Å². The maximum absolute atomic E-state index is 12.7. The normalized spacial score (nSPS) is 12.4. The van der Waals surface area contributed by atoms with Gasteiger partial charge in [-0.15, -0.1) is 11.6 Å². The molecule has 0 aromatic heterocycles. The SMILES string of the molecule is CC(C)[C@H](NC(=O)CCCCCN=[N+]=[N-])C(=O)N[C@@H](C)C(=O)Nc1ccc(CCl)cc1. The van der Waals surface area contributed by atoms with Crippen molar-refractivity contribution in [2.75, 3.05) is 11.9 Å². The molecular formula is C21H31ClN6O3. The topological polar surface area (TPSA) is 136 Å². The Hall–Kier alpha value is -2.77. The fraction of sp³-hybridized carbons (Fsp3) is 0.571. The van der Waals surface area contributed by atoms with Gasteiger partial charge in [-0.2, -0.15) is 0 Å². The van der Waals surface area contributed by atoms with Gasteiger partial charge in [-0.25, -0.2) is 0 Å². The quantitative estimate of drug-likeness (QED) is 0.138. The summed E-state index contributed by atoms with van der Waals surface area (Å²) in [7, 11) is 0. The maximum Gasteiger partial charge on any atom is 0.246 e. The number of halogens is 1. The highest BCUT2D eigenvalue weighted by atomic mass is 35.5. The monoisotopic (exact) mass is 450 g/mol. The molecule has 1 rings (SSSR count). The highest BCUT2D eigenvalue weighted by molar-refractivity contribution is 6.17. The molecule has 0 aliphatic carbocycles. The van der Waals surface area contributed by atoms with Crippen LogP contribution < -0.4 is 16.0 Å². The van der Waals surface area contributed by atoms with Gasteiger partial charge >= 0.3 is 0 Å². The van der Waals surface area contributed by atoms with E-state index < -0.39 is 18.0 Å². The Kier molecular flexibility index (Phi) is 12.1.